The summed E-state index contributed by atoms with van der Waals surface area (Å²) in [4.78, 5) is 0. The van der Waals surface area contributed by atoms with Crippen molar-refractivity contribution in [3.63, 3.8) is 0 Å². The minimum atomic E-state index is -0.835. The SMILES string of the molecule is CCC(C)C(CS(=O)Cc1ccc(Cl)cc1)NC. The Morgan fingerprint density at radius 3 is 2.44 bits per heavy atom. The van der Waals surface area contributed by atoms with Crippen LogP contribution in [0.15, 0.2) is 24.3 Å². The standard InChI is InChI=1S/C14H22ClNOS/c1-4-11(2)14(16-3)10-18(17)9-12-5-7-13(15)8-6-12/h5-8,11,14,16H,4,9-10H2,1-3H3. The Morgan fingerprint density at radius 1 is 1.33 bits per heavy atom. The summed E-state index contributed by atoms with van der Waals surface area (Å²) < 4.78 is 12.1. The predicted octanol–water partition coefficient (Wildman–Crippen LogP) is 3.22. The molecule has 0 bridgehead atoms. The lowest BCUT2D eigenvalue weighted by Gasteiger charge is -2.21. The van der Waals surface area contributed by atoms with Crippen LogP contribution in [0.2, 0.25) is 5.02 Å². The summed E-state index contributed by atoms with van der Waals surface area (Å²) in [6.45, 7) is 4.36. The quantitative estimate of drug-likeness (QED) is 0.834. The van der Waals surface area contributed by atoms with Gasteiger partial charge in [-0.05, 0) is 30.7 Å². The van der Waals surface area contributed by atoms with Crippen LogP contribution in [0.1, 0.15) is 25.8 Å². The van der Waals surface area contributed by atoms with Gasteiger partial charge >= 0.3 is 0 Å². The zero-order valence-corrected chi connectivity index (χ0v) is 12.9. The first-order chi connectivity index (χ1) is 8.56. The van der Waals surface area contributed by atoms with E-state index in [1.165, 1.54) is 0 Å². The Bertz CT molecular complexity index is 380. The lowest BCUT2D eigenvalue weighted by atomic mass is 10.0. The molecule has 0 amide bonds. The molecule has 0 saturated carbocycles. The van der Waals surface area contributed by atoms with Crippen molar-refractivity contribution in [2.75, 3.05) is 12.8 Å². The molecule has 2 nitrogen and oxygen atoms in total. The van der Waals surface area contributed by atoms with E-state index in [9.17, 15) is 4.21 Å². The average molecular weight is 288 g/mol. The number of hydrogen-bond donors (Lipinski definition) is 1. The lowest BCUT2D eigenvalue weighted by Crippen LogP contribution is -2.37. The van der Waals surface area contributed by atoms with Crippen molar-refractivity contribution in [2.24, 2.45) is 5.92 Å². The first-order valence-corrected chi connectivity index (χ1v) is 8.20. The van der Waals surface area contributed by atoms with Gasteiger partial charge in [0.2, 0.25) is 0 Å². The summed E-state index contributed by atoms with van der Waals surface area (Å²) in [5, 5.41) is 3.98. The van der Waals surface area contributed by atoms with Crippen LogP contribution in [0.25, 0.3) is 0 Å². The molecule has 0 aromatic heterocycles. The van der Waals surface area contributed by atoms with E-state index in [-0.39, 0.29) is 0 Å². The highest BCUT2D eigenvalue weighted by Gasteiger charge is 2.16. The molecule has 18 heavy (non-hydrogen) atoms. The van der Waals surface area contributed by atoms with Gasteiger partial charge in [0.25, 0.3) is 0 Å². The minimum absolute atomic E-state index is 0.322. The molecule has 3 unspecified atom stereocenters. The van der Waals surface area contributed by atoms with Crippen molar-refractivity contribution in [3.05, 3.63) is 34.9 Å². The van der Waals surface area contributed by atoms with Crippen molar-refractivity contribution < 1.29 is 4.21 Å². The van der Waals surface area contributed by atoms with E-state index in [0.29, 0.717) is 23.5 Å². The fraction of sp³-hybridized carbons (Fsp3) is 0.571. The van der Waals surface area contributed by atoms with Gasteiger partial charge in [0.15, 0.2) is 0 Å². The third-order valence-electron chi connectivity index (χ3n) is 3.31. The normalized spacial score (nSPS) is 16.2. The Balaban J connectivity index is 2.52. The van der Waals surface area contributed by atoms with Crippen LogP contribution in [-0.4, -0.2) is 23.1 Å². The van der Waals surface area contributed by atoms with E-state index in [0.717, 1.165) is 17.0 Å². The highest BCUT2D eigenvalue weighted by atomic mass is 35.5. The topological polar surface area (TPSA) is 29.1 Å². The number of hydrogen-bond acceptors (Lipinski definition) is 2. The second-order valence-corrected chi connectivity index (χ2v) is 6.60. The van der Waals surface area contributed by atoms with E-state index in [4.69, 9.17) is 11.6 Å². The molecule has 1 aromatic rings. The fourth-order valence-corrected chi connectivity index (χ4v) is 3.55. The maximum atomic E-state index is 12.1. The maximum absolute atomic E-state index is 12.1. The zero-order valence-electron chi connectivity index (χ0n) is 11.3. The molecule has 0 radical (unpaired) electrons. The third-order valence-corrected chi connectivity index (χ3v) is 4.95. The molecule has 0 saturated heterocycles. The fourth-order valence-electron chi connectivity index (χ4n) is 1.84. The molecule has 3 atom stereocenters. The summed E-state index contributed by atoms with van der Waals surface area (Å²) in [6, 6.07) is 7.90. The van der Waals surface area contributed by atoms with Gasteiger partial charge in [-0.15, -0.1) is 0 Å². The maximum Gasteiger partial charge on any atom is 0.0486 e. The van der Waals surface area contributed by atoms with Crippen molar-refractivity contribution in [3.8, 4) is 0 Å². The van der Waals surface area contributed by atoms with Gasteiger partial charge < -0.3 is 5.32 Å². The second-order valence-electron chi connectivity index (χ2n) is 4.66. The molecule has 102 valence electrons. The van der Waals surface area contributed by atoms with E-state index in [1.54, 1.807) is 0 Å². The summed E-state index contributed by atoms with van der Waals surface area (Å²) >= 11 is 5.83. The number of rotatable bonds is 7. The van der Waals surface area contributed by atoms with Crippen LogP contribution < -0.4 is 5.32 Å². The van der Waals surface area contributed by atoms with Gasteiger partial charge in [0.05, 0.1) is 0 Å². The van der Waals surface area contributed by atoms with Crippen LogP contribution in [0.5, 0.6) is 0 Å². The second kappa shape index (κ2) is 7.93. The number of benzene rings is 1. The van der Waals surface area contributed by atoms with Crippen molar-refractivity contribution in [1.29, 1.82) is 0 Å². The Labute approximate surface area is 118 Å². The summed E-state index contributed by atoms with van der Waals surface area (Å²) in [5.41, 5.74) is 1.08. The summed E-state index contributed by atoms with van der Waals surface area (Å²) in [6.07, 6.45) is 1.10. The third kappa shape index (κ3) is 5.09. The van der Waals surface area contributed by atoms with Gasteiger partial charge in [-0.2, -0.15) is 0 Å². The smallest absolute Gasteiger partial charge is 0.0486 e. The van der Waals surface area contributed by atoms with E-state index in [2.05, 4.69) is 19.2 Å². The first kappa shape index (κ1) is 15.7. The number of halogens is 1. The summed E-state index contributed by atoms with van der Waals surface area (Å²) in [7, 11) is 1.11. The molecule has 0 fully saturated rings. The minimum Gasteiger partial charge on any atom is -0.316 e. The molecule has 0 spiro atoms. The molecule has 0 aliphatic rings. The van der Waals surface area contributed by atoms with E-state index in [1.807, 2.05) is 31.3 Å². The molecular formula is C14H22ClNOS. The van der Waals surface area contributed by atoms with Gasteiger partial charge in [0.1, 0.15) is 0 Å². The molecule has 0 aliphatic carbocycles. The van der Waals surface area contributed by atoms with Crippen LogP contribution in [0.3, 0.4) is 0 Å². The van der Waals surface area contributed by atoms with Gasteiger partial charge in [-0.25, -0.2) is 0 Å². The number of nitrogens with one attached hydrogen (secondary N) is 1. The van der Waals surface area contributed by atoms with Crippen LogP contribution in [0, 0.1) is 5.92 Å². The molecule has 4 heteroatoms. The van der Waals surface area contributed by atoms with Gasteiger partial charge in [0, 0.05) is 33.4 Å². The van der Waals surface area contributed by atoms with Crippen LogP contribution in [-0.2, 0) is 16.6 Å². The molecule has 1 aromatic carbocycles. The largest absolute Gasteiger partial charge is 0.316 e. The Kier molecular flexibility index (Phi) is 6.90. The van der Waals surface area contributed by atoms with Crippen molar-refractivity contribution in [1.82, 2.24) is 5.32 Å². The molecule has 1 rings (SSSR count). The lowest BCUT2D eigenvalue weighted by molar-refractivity contribution is 0.418. The van der Waals surface area contributed by atoms with E-state index >= 15 is 0 Å². The van der Waals surface area contributed by atoms with Crippen molar-refractivity contribution in [2.45, 2.75) is 32.1 Å². The molecule has 0 aliphatic heterocycles. The van der Waals surface area contributed by atoms with Crippen molar-refractivity contribution >= 4 is 22.4 Å². The highest BCUT2D eigenvalue weighted by molar-refractivity contribution is 7.84. The first-order valence-electron chi connectivity index (χ1n) is 6.33. The monoisotopic (exact) mass is 287 g/mol. The highest BCUT2D eigenvalue weighted by Crippen LogP contribution is 2.13. The Morgan fingerprint density at radius 2 is 1.94 bits per heavy atom. The summed E-state index contributed by atoms with van der Waals surface area (Å²) in [5.74, 6) is 1.85. The molecular weight excluding hydrogens is 266 g/mol. The van der Waals surface area contributed by atoms with Crippen LogP contribution in [0.4, 0.5) is 0 Å². The van der Waals surface area contributed by atoms with Gasteiger partial charge in [-0.1, -0.05) is 44.0 Å². The van der Waals surface area contributed by atoms with Gasteiger partial charge in [-0.3, -0.25) is 4.21 Å². The molecule has 1 N–H and O–H groups in total. The van der Waals surface area contributed by atoms with Crippen LogP contribution >= 0.6 is 11.6 Å². The Hall–Kier alpha value is -0.380. The zero-order chi connectivity index (χ0) is 13.5. The average Bonchev–Trinajstić information content (AvgIpc) is 2.37. The predicted molar refractivity (Wildman–Crippen MR) is 80.5 cm³/mol. The molecule has 0 heterocycles. The van der Waals surface area contributed by atoms with E-state index < -0.39 is 10.8 Å².